The van der Waals surface area contributed by atoms with Gasteiger partial charge in [0, 0.05) is 23.3 Å². The fourth-order valence-electron chi connectivity index (χ4n) is 3.04. The maximum atomic E-state index is 5.90. The highest BCUT2D eigenvalue weighted by Gasteiger charge is 2.20. The van der Waals surface area contributed by atoms with Crippen LogP contribution in [0.4, 0.5) is 5.69 Å². The molecule has 0 saturated heterocycles. The molecule has 0 saturated carbocycles. The molecule has 1 aliphatic carbocycles. The lowest BCUT2D eigenvalue weighted by molar-refractivity contribution is 0.320. The second-order valence-electron chi connectivity index (χ2n) is 5.69. The van der Waals surface area contributed by atoms with E-state index in [-0.39, 0.29) is 0 Å². The molecule has 1 aromatic carbocycles. The summed E-state index contributed by atoms with van der Waals surface area (Å²) < 4.78 is 5.90. The third kappa shape index (κ3) is 2.69. The summed E-state index contributed by atoms with van der Waals surface area (Å²) >= 11 is 0. The molecule has 0 bridgehead atoms. The fourth-order valence-corrected chi connectivity index (χ4v) is 3.04. The van der Waals surface area contributed by atoms with Gasteiger partial charge in [-0.2, -0.15) is 0 Å². The Morgan fingerprint density at radius 1 is 1.19 bits per heavy atom. The number of aromatic nitrogens is 1. The Bertz CT molecular complexity index is 637. The summed E-state index contributed by atoms with van der Waals surface area (Å²) in [7, 11) is 0. The van der Waals surface area contributed by atoms with Gasteiger partial charge in [-0.15, -0.1) is 0 Å². The first-order chi connectivity index (χ1) is 10.3. The molecule has 1 heterocycles. The Morgan fingerprint density at radius 3 is 2.90 bits per heavy atom. The predicted octanol–water partition coefficient (Wildman–Crippen LogP) is 4.33. The monoisotopic (exact) mass is 284 g/mol. The van der Waals surface area contributed by atoms with Crippen molar-refractivity contribution in [3.63, 3.8) is 0 Å². The topological polar surface area (TPSA) is 34.2 Å². The summed E-state index contributed by atoms with van der Waals surface area (Å²) in [6.07, 6.45) is 5.59. The van der Waals surface area contributed by atoms with Gasteiger partial charge in [0.1, 0.15) is 11.3 Å². The lowest BCUT2D eigenvalue weighted by Gasteiger charge is -2.16. The molecule has 3 nitrogen and oxygen atoms in total. The van der Waals surface area contributed by atoms with Gasteiger partial charge in [-0.25, -0.2) is 4.98 Å². The number of para-hydroxylation sites is 1. The number of anilines is 1. The number of hydrogen-bond acceptors (Lipinski definition) is 3. The van der Waals surface area contributed by atoms with Gasteiger partial charge in [-0.3, -0.25) is 0 Å². The molecule has 0 atom stereocenters. The zero-order valence-electron chi connectivity index (χ0n) is 13.0. The van der Waals surface area contributed by atoms with E-state index in [0.717, 1.165) is 50.1 Å². The second-order valence-corrected chi connectivity index (χ2v) is 5.69. The smallest absolute Gasteiger partial charge is 0.145 e. The highest BCUT2D eigenvalue weighted by Crippen LogP contribution is 2.37. The number of nitrogens with one attached hydrogen (secondary N) is 1. The molecule has 1 aliphatic rings. The van der Waals surface area contributed by atoms with E-state index < -0.39 is 0 Å². The van der Waals surface area contributed by atoms with Crippen LogP contribution in [0.25, 0.3) is 10.9 Å². The van der Waals surface area contributed by atoms with Crippen molar-refractivity contribution >= 4 is 16.6 Å². The van der Waals surface area contributed by atoms with Crippen molar-refractivity contribution in [1.82, 2.24) is 4.98 Å². The minimum absolute atomic E-state index is 0.746. The molecule has 0 fully saturated rings. The molecule has 3 rings (SSSR count). The molecule has 112 valence electrons. The summed E-state index contributed by atoms with van der Waals surface area (Å²) in [5.41, 5.74) is 4.98. The average molecular weight is 284 g/mol. The van der Waals surface area contributed by atoms with Gasteiger partial charge in [0.05, 0.1) is 6.61 Å². The maximum Gasteiger partial charge on any atom is 0.145 e. The van der Waals surface area contributed by atoms with Crippen LogP contribution in [0.3, 0.4) is 0 Å². The van der Waals surface area contributed by atoms with Gasteiger partial charge in [0.2, 0.25) is 0 Å². The zero-order chi connectivity index (χ0) is 14.7. The number of rotatable bonds is 6. The molecular weight excluding hydrogens is 260 g/mol. The molecule has 0 radical (unpaired) electrons. The van der Waals surface area contributed by atoms with E-state index in [4.69, 9.17) is 9.72 Å². The molecule has 0 amide bonds. The molecule has 2 aromatic rings. The molecule has 3 heteroatoms. The van der Waals surface area contributed by atoms with Crippen LogP contribution in [-0.4, -0.2) is 18.1 Å². The molecule has 21 heavy (non-hydrogen) atoms. The van der Waals surface area contributed by atoms with Crippen LogP contribution in [-0.2, 0) is 12.8 Å². The minimum atomic E-state index is 0.746. The standard InChI is InChI=1S/C18H24N2O/c1-3-11-19-17-13-7-5-9-15(13)20-18-14(17)8-6-10-16(18)21-12-4-2/h6,8,10H,3-5,7,9,11-12H2,1-2H3,(H,19,20). The SMILES string of the molecule is CCCNc1c2c(nc3c(OCCC)cccc13)CCC2. The number of ether oxygens (including phenoxy) is 1. The Kier molecular flexibility index (Phi) is 4.28. The number of pyridine rings is 1. The summed E-state index contributed by atoms with van der Waals surface area (Å²) in [4.78, 5) is 4.91. The summed E-state index contributed by atoms with van der Waals surface area (Å²) in [6, 6.07) is 6.28. The number of benzene rings is 1. The van der Waals surface area contributed by atoms with E-state index in [1.165, 1.54) is 28.8 Å². The summed E-state index contributed by atoms with van der Waals surface area (Å²) in [6.45, 7) is 6.08. The predicted molar refractivity (Wildman–Crippen MR) is 88.3 cm³/mol. The van der Waals surface area contributed by atoms with Crippen LogP contribution in [0.15, 0.2) is 18.2 Å². The minimum Gasteiger partial charge on any atom is -0.491 e. The number of fused-ring (bicyclic) bond motifs is 2. The Hall–Kier alpha value is -1.77. The van der Waals surface area contributed by atoms with Crippen molar-refractivity contribution in [2.45, 2.75) is 46.0 Å². The highest BCUT2D eigenvalue weighted by molar-refractivity contribution is 5.97. The first-order valence-corrected chi connectivity index (χ1v) is 8.16. The summed E-state index contributed by atoms with van der Waals surface area (Å²) in [5.74, 6) is 0.920. The zero-order valence-corrected chi connectivity index (χ0v) is 13.0. The van der Waals surface area contributed by atoms with E-state index in [0.29, 0.717) is 0 Å². The highest BCUT2D eigenvalue weighted by atomic mass is 16.5. The van der Waals surface area contributed by atoms with Crippen molar-refractivity contribution in [2.24, 2.45) is 0 Å². The van der Waals surface area contributed by atoms with Gasteiger partial charge >= 0.3 is 0 Å². The van der Waals surface area contributed by atoms with Gasteiger partial charge in [-0.05, 0) is 43.7 Å². The van der Waals surface area contributed by atoms with E-state index in [1.807, 2.05) is 6.07 Å². The van der Waals surface area contributed by atoms with E-state index in [1.54, 1.807) is 0 Å². The van der Waals surface area contributed by atoms with Crippen molar-refractivity contribution in [2.75, 3.05) is 18.5 Å². The van der Waals surface area contributed by atoms with Crippen molar-refractivity contribution in [1.29, 1.82) is 0 Å². The van der Waals surface area contributed by atoms with Crippen LogP contribution < -0.4 is 10.1 Å². The average Bonchev–Trinajstić information content (AvgIpc) is 2.97. The van der Waals surface area contributed by atoms with Crippen molar-refractivity contribution < 1.29 is 4.74 Å². The molecule has 1 aromatic heterocycles. The van der Waals surface area contributed by atoms with Gasteiger partial charge in [-0.1, -0.05) is 26.0 Å². The van der Waals surface area contributed by atoms with Gasteiger partial charge in [0.25, 0.3) is 0 Å². The Labute approximate surface area is 126 Å². The number of nitrogens with zero attached hydrogens (tertiary/aromatic N) is 1. The molecule has 1 N–H and O–H groups in total. The van der Waals surface area contributed by atoms with Gasteiger partial charge < -0.3 is 10.1 Å². The maximum absolute atomic E-state index is 5.90. The van der Waals surface area contributed by atoms with E-state index >= 15 is 0 Å². The quantitative estimate of drug-likeness (QED) is 0.857. The Balaban J connectivity index is 2.13. The first kappa shape index (κ1) is 14.2. The van der Waals surface area contributed by atoms with Crippen molar-refractivity contribution in [3.05, 3.63) is 29.5 Å². The number of aryl methyl sites for hydroxylation is 1. The van der Waals surface area contributed by atoms with Gasteiger partial charge in [0.15, 0.2) is 0 Å². The van der Waals surface area contributed by atoms with Crippen LogP contribution in [0.5, 0.6) is 5.75 Å². The molecule has 0 unspecified atom stereocenters. The Morgan fingerprint density at radius 2 is 2.10 bits per heavy atom. The molecule has 0 spiro atoms. The van der Waals surface area contributed by atoms with Crippen molar-refractivity contribution in [3.8, 4) is 5.75 Å². The normalized spacial score (nSPS) is 13.4. The van der Waals surface area contributed by atoms with E-state index in [2.05, 4.69) is 31.3 Å². The van der Waals surface area contributed by atoms with Crippen LogP contribution >= 0.6 is 0 Å². The van der Waals surface area contributed by atoms with Crippen LogP contribution in [0.1, 0.15) is 44.4 Å². The van der Waals surface area contributed by atoms with Crippen LogP contribution in [0, 0.1) is 0 Å². The largest absolute Gasteiger partial charge is 0.491 e. The second kappa shape index (κ2) is 6.33. The lowest BCUT2D eigenvalue weighted by Crippen LogP contribution is -2.06. The molecule has 0 aliphatic heterocycles. The third-order valence-corrected chi connectivity index (χ3v) is 4.02. The lowest BCUT2D eigenvalue weighted by atomic mass is 10.1. The molecular formula is C18H24N2O. The van der Waals surface area contributed by atoms with Crippen LogP contribution in [0.2, 0.25) is 0 Å². The first-order valence-electron chi connectivity index (χ1n) is 8.16. The summed E-state index contributed by atoms with van der Waals surface area (Å²) in [5, 5.41) is 4.83. The third-order valence-electron chi connectivity index (χ3n) is 4.02. The van der Waals surface area contributed by atoms with E-state index in [9.17, 15) is 0 Å². The number of hydrogen-bond donors (Lipinski definition) is 1. The fraction of sp³-hybridized carbons (Fsp3) is 0.500.